The number of aliphatic hydroxyl groups excluding tert-OH is 1. The highest BCUT2D eigenvalue weighted by atomic mass is 16.3. The van der Waals surface area contributed by atoms with E-state index in [0.717, 1.165) is 0 Å². The van der Waals surface area contributed by atoms with E-state index >= 15 is 0 Å². The Morgan fingerprint density at radius 3 is 2.57 bits per heavy atom. The molecule has 0 amide bonds. The molecule has 5 heteroatoms. The lowest BCUT2D eigenvalue weighted by Crippen LogP contribution is -2.30. The van der Waals surface area contributed by atoms with Crippen molar-refractivity contribution in [1.29, 1.82) is 0 Å². The quantitative estimate of drug-likeness (QED) is 0.657. The number of anilines is 2. The molecule has 0 aliphatic carbocycles. The SMILES string of the molecule is CCC(O)C(C)Nc1ncc(N)cn1. The molecule has 4 N–H and O–H groups in total. The molecule has 0 spiro atoms. The van der Waals surface area contributed by atoms with Gasteiger partial charge in [-0.25, -0.2) is 9.97 Å². The van der Waals surface area contributed by atoms with Gasteiger partial charge in [-0.2, -0.15) is 0 Å². The zero-order valence-corrected chi connectivity index (χ0v) is 8.44. The first kappa shape index (κ1) is 10.7. The monoisotopic (exact) mass is 196 g/mol. The van der Waals surface area contributed by atoms with E-state index in [9.17, 15) is 5.11 Å². The molecule has 2 atom stereocenters. The van der Waals surface area contributed by atoms with Gasteiger partial charge in [0.1, 0.15) is 0 Å². The van der Waals surface area contributed by atoms with Crippen molar-refractivity contribution in [3.05, 3.63) is 12.4 Å². The molecule has 14 heavy (non-hydrogen) atoms. The molecule has 1 rings (SSSR count). The predicted octanol–water partition coefficient (Wildman–Crippen LogP) is 0.630. The molecule has 1 heterocycles. The molecule has 0 aliphatic heterocycles. The summed E-state index contributed by atoms with van der Waals surface area (Å²) in [6.07, 6.45) is 3.36. The average molecular weight is 196 g/mol. The van der Waals surface area contributed by atoms with Crippen molar-refractivity contribution in [2.45, 2.75) is 32.4 Å². The molecular weight excluding hydrogens is 180 g/mol. The van der Waals surface area contributed by atoms with Crippen LogP contribution in [0.4, 0.5) is 11.6 Å². The van der Waals surface area contributed by atoms with E-state index in [1.54, 1.807) is 0 Å². The standard InChI is InChI=1S/C9H16N4O/c1-3-8(14)6(2)13-9-11-4-7(10)5-12-9/h4-6,8,14H,3,10H2,1-2H3,(H,11,12,13). The predicted molar refractivity (Wildman–Crippen MR) is 55.8 cm³/mol. The summed E-state index contributed by atoms with van der Waals surface area (Å²) in [4.78, 5) is 7.95. The molecule has 0 aromatic carbocycles. The topological polar surface area (TPSA) is 84.1 Å². The van der Waals surface area contributed by atoms with Crippen LogP contribution in [0.15, 0.2) is 12.4 Å². The summed E-state index contributed by atoms with van der Waals surface area (Å²) in [5.41, 5.74) is 5.97. The van der Waals surface area contributed by atoms with Gasteiger partial charge in [-0.3, -0.25) is 0 Å². The highest BCUT2D eigenvalue weighted by Crippen LogP contribution is 2.06. The van der Waals surface area contributed by atoms with Crippen molar-refractivity contribution < 1.29 is 5.11 Å². The Kier molecular flexibility index (Phi) is 3.64. The number of nitrogens with one attached hydrogen (secondary N) is 1. The summed E-state index contributed by atoms with van der Waals surface area (Å²) in [6.45, 7) is 3.81. The highest BCUT2D eigenvalue weighted by Gasteiger charge is 2.12. The molecule has 0 radical (unpaired) electrons. The van der Waals surface area contributed by atoms with Gasteiger partial charge in [0.2, 0.25) is 5.95 Å². The molecule has 0 saturated heterocycles. The third kappa shape index (κ3) is 2.85. The van der Waals surface area contributed by atoms with Gasteiger partial charge >= 0.3 is 0 Å². The first-order valence-corrected chi connectivity index (χ1v) is 4.65. The fourth-order valence-electron chi connectivity index (χ4n) is 1.07. The number of hydrogen-bond acceptors (Lipinski definition) is 5. The van der Waals surface area contributed by atoms with Gasteiger partial charge < -0.3 is 16.2 Å². The van der Waals surface area contributed by atoms with Gasteiger partial charge in [0, 0.05) is 0 Å². The second-order valence-electron chi connectivity index (χ2n) is 3.25. The van der Waals surface area contributed by atoms with Crippen LogP contribution in [0.5, 0.6) is 0 Å². The van der Waals surface area contributed by atoms with E-state index in [2.05, 4.69) is 15.3 Å². The average Bonchev–Trinajstić information content (AvgIpc) is 2.20. The lowest BCUT2D eigenvalue weighted by Gasteiger charge is -2.18. The molecule has 1 aromatic rings. The smallest absolute Gasteiger partial charge is 0.223 e. The lowest BCUT2D eigenvalue weighted by molar-refractivity contribution is 0.153. The fraction of sp³-hybridized carbons (Fsp3) is 0.556. The van der Waals surface area contributed by atoms with E-state index in [1.165, 1.54) is 12.4 Å². The van der Waals surface area contributed by atoms with Crippen LogP contribution in [0.25, 0.3) is 0 Å². The maximum absolute atomic E-state index is 9.50. The number of nitrogen functional groups attached to an aromatic ring is 1. The van der Waals surface area contributed by atoms with Crippen LogP contribution >= 0.6 is 0 Å². The summed E-state index contributed by atoms with van der Waals surface area (Å²) >= 11 is 0. The number of nitrogens with two attached hydrogens (primary N) is 1. The zero-order valence-electron chi connectivity index (χ0n) is 8.44. The third-order valence-corrected chi connectivity index (χ3v) is 2.02. The summed E-state index contributed by atoms with van der Waals surface area (Å²) in [7, 11) is 0. The maximum atomic E-state index is 9.50. The van der Waals surface area contributed by atoms with E-state index in [0.29, 0.717) is 18.1 Å². The van der Waals surface area contributed by atoms with Crippen LogP contribution in [0.3, 0.4) is 0 Å². The van der Waals surface area contributed by atoms with Crippen molar-refractivity contribution in [2.24, 2.45) is 0 Å². The van der Waals surface area contributed by atoms with Crippen LogP contribution < -0.4 is 11.1 Å². The maximum Gasteiger partial charge on any atom is 0.223 e. The molecular formula is C9H16N4O. The Hall–Kier alpha value is -1.36. The van der Waals surface area contributed by atoms with Crippen molar-refractivity contribution in [3.8, 4) is 0 Å². The minimum atomic E-state index is -0.392. The fourth-order valence-corrected chi connectivity index (χ4v) is 1.07. The number of aromatic nitrogens is 2. The van der Waals surface area contributed by atoms with Crippen LogP contribution in [0.1, 0.15) is 20.3 Å². The molecule has 5 nitrogen and oxygen atoms in total. The second-order valence-corrected chi connectivity index (χ2v) is 3.25. The largest absolute Gasteiger partial charge is 0.396 e. The number of nitrogens with zero attached hydrogens (tertiary/aromatic N) is 2. The van der Waals surface area contributed by atoms with E-state index < -0.39 is 6.10 Å². The van der Waals surface area contributed by atoms with Gasteiger partial charge in [0.05, 0.1) is 30.2 Å². The first-order valence-electron chi connectivity index (χ1n) is 4.65. The van der Waals surface area contributed by atoms with Crippen molar-refractivity contribution in [1.82, 2.24) is 9.97 Å². The molecule has 0 fully saturated rings. The summed E-state index contributed by atoms with van der Waals surface area (Å²) in [6, 6.07) is -0.0661. The van der Waals surface area contributed by atoms with E-state index in [1.807, 2.05) is 13.8 Å². The Bertz CT molecular complexity index is 275. The Labute approximate surface area is 83.4 Å². The van der Waals surface area contributed by atoms with Gasteiger partial charge in [-0.05, 0) is 13.3 Å². The molecule has 78 valence electrons. The second kappa shape index (κ2) is 4.76. The van der Waals surface area contributed by atoms with Gasteiger partial charge in [-0.15, -0.1) is 0 Å². The minimum Gasteiger partial charge on any atom is -0.396 e. The summed E-state index contributed by atoms with van der Waals surface area (Å²) < 4.78 is 0. The normalized spacial score (nSPS) is 14.8. The van der Waals surface area contributed by atoms with Crippen LogP contribution in [0, 0.1) is 0 Å². The molecule has 2 unspecified atom stereocenters. The van der Waals surface area contributed by atoms with E-state index in [4.69, 9.17) is 5.73 Å². The Balaban J connectivity index is 2.56. The van der Waals surface area contributed by atoms with Crippen LogP contribution in [-0.2, 0) is 0 Å². The third-order valence-electron chi connectivity index (χ3n) is 2.02. The Morgan fingerprint density at radius 1 is 1.50 bits per heavy atom. The van der Waals surface area contributed by atoms with Gasteiger partial charge in [0.25, 0.3) is 0 Å². The number of aliphatic hydroxyl groups is 1. The number of hydrogen-bond donors (Lipinski definition) is 3. The molecule has 0 bridgehead atoms. The summed E-state index contributed by atoms with van der Waals surface area (Å²) in [5, 5.41) is 12.5. The summed E-state index contributed by atoms with van der Waals surface area (Å²) in [5.74, 6) is 0.485. The minimum absolute atomic E-state index is 0.0661. The highest BCUT2D eigenvalue weighted by molar-refractivity contribution is 5.36. The first-order chi connectivity index (χ1) is 6.63. The lowest BCUT2D eigenvalue weighted by atomic mass is 10.1. The van der Waals surface area contributed by atoms with Crippen molar-refractivity contribution in [3.63, 3.8) is 0 Å². The van der Waals surface area contributed by atoms with Crippen molar-refractivity contribution >= 4 is 11.6 Å². The van der Waals surface area contributed by atoms with Gasteiger partial charge in [0.15, 0.2) is 0 Å². The van der Waals surface area contributed by atoms with Crippen molar-refractivity contribution in [2.75, 3.05) is 11.1 Å². The molecule has 0 saturated carbocycles. The molecule has 0 aliphatic rings. The van der Waals surface area contributed by atoms with Crippen LogP contribution in [-0.4, -0.2) is 27.2 Å². The van der Waals surface area contributed by atoms with Gasteiger partial charge in [-0.1, -0.05) is 6.92 Å². The van der Waals surface area contributed by atoms with Crippen LogP contribution in [0.2, 0.25) is 0 Å². The zero-order chi connectivity index (χ0) is 10.6. The molecule has 1 aromatic heterocycles. The number of rotatable bonds is 4. The van der Waals surface area contributed by atoms with E-state index in [-0.39, 0.29) is 6.04 Å². The Morgan fingerprint density at radius 2 is 2.07 bits per heavy atom.